The van der Waals surface area contributed by atoms with Crippen LogP contribution < -0.4 is 4.90 Å². The van der Waals surface area contributed by atoms with Crippen molar-refractivity contribution < 1.29 is 14.4 Å². The van der Waals surface area contributed by atoms with Crippen molar-refractivity contribution in [1.82, 2.24) is 15.0 Å². The van der Waals surface area contributed by atoms with E-state index in [9.17, 15) is 19.6 Å². The average Bonchev–Trinajstić information content (AvgIpc) is 3.41. The zero-order valence-electron chi connectivity index (χ0n) is 27.8. The van der Waals surface area contributed by atoms with Crippen molar-refractivity contribution in [2.75, 3.05) is 25.0 Å². The first-order valence-corrected chi connectivity index (χ1v) is 16.5. The third-order valence-corrected chi connectivity index (χ3v) is 9.01. The number of nitrogens with zero attached hydrogens (tertiary/aromatic N) is 5. The number of thiazole rings is 1. The molecule has 1 aromatic heterocycles. The molecule has 1 aliphatic heterocycles. The second kappa shape index (κ2) is 14.8. The van der Waals surface area contributed by atoms with Crippen LogP contribution in [0, 0.1) is 16.7 Å². The van der Waals surface area contributed by atoms with Gasteiger partial charge in [-0.1, -0.05) is 90.8 Å². The van der Waals surface area contributed by atoms with Gasteiger partial charge < -0.3 is 4.90 Å². The minimum absolute atomic E-state index is 0.161. The maximum absolute atomic E-state index is 14.1. The van der Waals surface area contributed by atoms with Gasteiger partial charge in [-0.3, -0.25) is 14.4 Å². The van der Waals surface area contributed by atoms with Gasteiger partial charge in [-0.15, -0.1) is 0 Å². The number of carbonyl (C=O) groups excluding carboxylic acids is 3. The van der Waals surface area contributed by atoms with Gasteiger partial charge in [0.2, 0.25) is 5.91 Å². The van der Waals surface area contributed by atoms with Crippen LogP contribution in [0.2, 0.25) is 0 Å². The summed E-state index contributed by atoms with van der Waals surface area (Å²) in [4.78, 5) is 49.0. The third-order valence-electron chi connectivity index (χ3n) is 7.94. The Labute approximate surface area is 267 Å². The SMILES string of the molecule is CCCCN(CCCC)c1nc(-c2c(CC)cccc2CC)c(/C=C2\C(=O)N(N(C)C(=O)C(C)(C)C)C(=O)C(C#N)=C2C)s1. The molecular weight excluding hydrogens is 570 g/mol. The van der Waals surface area contributed by atoms with Crippen molar-refractivity contribution in [2.24, 2.45) is 5.41 Å². The monoisotopic (exact) mass is 617 g/mol. The van der Waals surface area contributed by atoms with Crippen molar-refractivity contribution in [3.8, 4) is 17.3 Å². The Balaban J connectivity index is 2.33. The van der Waals surface area contributed by atoms with Gasteiger partial charge in [-0.25, -0.2) is 9.99 Å². The summed E-state index contributed by atoms with van der Waals surface area (Å²) in [6, 6.07) is 8.30. The summed E-state index contributed by atoms with van der Waals surface area (Å²) in [6.07, 6.45) is 7.62. The van der Waals surface area contributed by atoms with Crippen molar-refractivity contribution in [2.45, 2.75) is 93.9 Å². The summed E-state index contributed by atoms with van der Waals surface area (Å²) < 4.78 is 0. The number of benzene rings is 1. The number of unbranched alkanes of at least 4 members (excludes halogenated alkanes) is 2. The lowest BCUT2D eigenvalue weighted by molar-refractivity contribution is -0.171. The summed E-state index contributed by atoms with van der Waals surface area (Å²) in [5, 5.41) is 12.7. The number of hydrogen-bond acceptors (Lipinski definition) is 7. The molecule has 8 nitrogen and oxygen atoms in total. The lowest BCUT2D eigenvalue weighted by atomic mass is 9.92. The number of aromatic nitrogens is 1. The molecule has 9 heteroatoms. The highest BCUT2D eigenvalue weighted by molar-refractivity contribution is 7.17. The van der Waals surface area contributed by atoms with Crippen LogP contribution >= 0.6 is 11.3 Å². The van der Waals surface area contributed by atoms with E-state index in [1.165, 1.54) is 29.5 Å². The predicted molar refractivity (Wildman–Crippen MR) is 179 cm³/mol. The Hall–Kier alpha value is -3.77. The van der Waals surface area contributed by atoms with Crippen LogP contribution in [-0.2, 0) is 27.2 Å². The van der Waals surface area contributed by atoms with E-state index in [0.29, 0.717) is 5.57 Å². The number of amides is 3. The fourth-order valence-electron chi connectivity index (χ4n) is 5.33. The fraction of sp³-hybridized carbons (Fsp3) is 0.514. The molecular formula is C35H47N5O3S. The molecule has 3 rings (SSSR count). The smallest absolute Gasteiger partial charge is 0.290 e. The molecule has 0 bridgehead atoms. The number of imide groups is 1. The number of hydrazine groups is 1. The lowest BCUT2D eigenvalue weighted by Gasteiger charge is -2.36. The number of hydrogen-bond donors (Lipinski definition) is 0. The Kier molecular flexibility index (Phi) is 11.7. The van der Waals surface area contributed by atoms with Gasteiger partial charge in [0.05, 0.1) is 10.6 Å². The molecule has 44 heavy (non-hydrogen) atoms. The Morgan fingerprint density at radius 1 is 1.02 bits per heavy atom. The van der Waals surface area contributed by atoms with E-state index in [-0.39, 0.29) is 11.1 Å². The Morgan fingerprint density at radius 3 is 2.07 bits per heavy atom. The molecule has 0 saturated heterocycles. The number of carbonyl (C=O) groups is 3. The van der Waals surface area contributed by atoms with Crippen LogP contribution in [0.3, 0.4) is 0 Å². The number of nitriles is 1. The number of aryl methyl sites for hydroxylation is 2. The van der Waals surface area contributed by atoms with Gasteiger partial charge in [-0.2, -0.15) is 10.3 Å². The summed E-state index contributed by atoms with van der Waals surface area (Å²) in [6.45, 7) is 17.2. The highest BCUT2D eigenvalue weighted by Gasteiger charge is 2.42. The van der Waals surface area contributed by atoms with Crippen LogP contribution in [-0.4, -0.2) is 52.9 Å². The second-order valence-electron chi connectivity index (χ2n) is 12.2. The summed E-state index contributed by atoms with van der Waals surface area (Å²) in [7, 11) is 1.40. The molecule has 0 N–H and O–H groups in total. The molecule has 0 atom stereocenters. The Bertz CT molecular complexity index is 1470. The molecule has 0 unspecified atom stereocenters. The molecule has 2 aromatic rings. The van der Waals surface area contributed by atoms with E-state index in [4.69, 9.17) is 4.98 Å². The molecule has 0 aliphatic carbocycles. The van der Waals surface area contributed by atoms with E-state index >= 15 is 0 Å². The van der Waals surface area contributed by atoms with E-state index in [1.54, 1.807) is 33.8 Å². The highest BCUT2D eigenvalue weighted by atomic mass is 32.1. The van der Waals surface area contributed by atoms with Crippen LogP contribution in [0.15, 0.2) is 34.9 Å². The zero-order valence-corrected chi connectivity index (χ0v) is 28.7. The highest BCUT2D eigenvalue weighted by Crippen LogP contribution is 2.40. The molecule has 1 aliphatic rings. The van der Waals surface area contributed by atoms with Gasteiger partial charge in [0.25, 0.3) is 11.8 Å². The quantitative estimate of drug-likeness (QED) is 0.182. The first kappa shape index (κ1) is 34.7. The average molecular weight is 618 g/mol. The van der Waals surface area contributed by atoms with E-state index in [2.05, 4.69) is 50.8 Å². The normalized spacial score (nSPS) is 14.8. The maximum atomic E-state index is 14.1. The fourth-order valence-corrected chi connectivity index (χ4v) is 6.40. The molecule has 1 aromatic carbocycles. The molecule has 236 valence electrons. The van der Waals surface area contributed by atoms with Gasteiger partial charge in [0.1, 0.15) is 11.6 Å². The minimum atomic E-state index is -0.844. The summed E-state index contributed by atoms with van der Waals surface area (Å²) in [5.74, 6) is -1.85. The topological polar surface area (TPSA) is 97.6 Å². The third kappa shape index (κ3) is 7.13. The van der Waals surface area contributed by atoms with E-state index in [1.807, 2.05) is 6.07 Å². The van der Waals surface area contributed by atoms with Gasteiger partial charge in [0, 0.05) is 36.7 Å². The number of anilines is 1. The van der Waals surface area contributed by atoms with Crippen molar-refractivity contribution in [3.05, 3.63) is 50.9 Å². The zero-order chi connectivity index (χ0) is 32.8. The minimum Gasteiger partial charge on any atom is -0.348 e. The predicted octanol–water partition coefficient (Wildman–Crippen LogP) is 7.35. The van der Waals surface area contributed by atoms with Crippen LogP contribution in [0.5, 0.6) is 0 Å². The molecule has 0 radical (unpaired) electrons. The van der Waals surface area contributed by atoms with Gasteiger partial charge in [0.15, 0.2) is 5.13 Å². The van der Waals surface area contributed by atoms with E-state index < -0.39 is 23.1 Å². The van der Waals surface area contributed by atoms with Crippen LogP contribution in [0.1, 0.15) is 97.1 Å². The Morgan fingerprint density at radius 2 is 1.59 bits per heavy atom. The van der Waals surface area contributed by atoms with Crippen LogP contribution in [0.25, 0.3) is 17.3 Å². The maximum Gasteiger partial charge on any atom is 0.290 e. The summed E-state index contributed by atoms with van der Waals surface area (Å²) >= 11 is 1.53. The second-order valence-corrected chi connectivity index (χ2v) is 13.2. The van der Waals surface area contributed by atoms with Gasteiger partial charge >= 0.3 is 0 Å². The molecule has 0 spiro atoms. The molecule has 2 heterocycles. The standard InChI is InChI=1S/C35H47N5O3S/c1-10-14-19-39(20-15-11-2)34-37-30(29-24(12-3)17-16-18-25(29)13-4)28(44-34)21-26-23(5)27(22-36)32(42)40(31(26)41)38(9)33(43)35(6,7)8/h16-18,21H,10-15,19-20H2,1-9H3/b26-21-. The molecule has 3 amide bonds. The molecule has 0 saturated carbocycles. The molecule has 0 fully saturated rings. The first-order chi connectivity index (χ1) is 20.9. The van der Waals surface area contributed by atoms with Crippen molar-refractivity contribution in [1.29, 1.82) is 5.26 Å². The summed E-state index contributed by atoms with van der Waals surface area (Å²) in [5.41, 5.74) is 3.69. The van der Waals surface area contributed by atoms with Crippen molar-refractivity contribution in [3.63, 3.8) is 0 Å². The van der Waals surface area contributed by atoms with E-state index in [0.717, 1.165) is 82.9 Å². The van der Waals surface area contributed by atoms with Crippen LogP contribution in [0.4, 0.5) is 5.13 Å². The number of rotatable bonds is 12. The largest absolute Gasteiger partial charge is 0.348 e. The van der Waals surface area contributed by atoms with Crippen molar-refractivity contribution >= 4 is 40.3 Å². The first-order valence-electron chi connectivity index (χ1n) is 15.7. The van der Waals surface area contributed by atoms with Gasteiger partial charge in [-0.05, 0) is 55.4 Å². The lowest BCUT2D eigenvalue weighted by Crippen LogP contribution is -2.56.